The first-order valence-corrected chi connectivity index (χ1v) is 22.9. The van der Waals surface area contributed by atoms with E-state index in [-0.39, 0.29) is 29.2 Å². The minimum atomic E-state index is -0.290. The quantitative estimate of drug-likeness (QED) is 0.113. The van der Waals surface area contributed by atoms with Gasteiger partial charge in [-0.05, 0) is 108 Å². The van der Waals surface area contributed by atoms with Crippen LogP contribution in [0, 0.1) is 11.6 Å². The first-order chi connectivity index (χ1) is 33.4. The number of amides is 2. The number of carbonyl (C=O) groups excluding carboxylic acids is 2. The molecule has 4 aromatic heterocycles. The molecule has 344 valence electrons. The Balaban J connectivity index is 0.000000154. The number of aromatic hydroxyl groups is 1. The molecule has 0 aliphatic heterocycles. The molecule has 0 spiro atoms. The zero-order valence-corrected chi connectivity index (χ0v) is 38.8. The highest BCUT2D eigenvalue weighted by molar-refractivity contribution is 7.17. The third-order valence-corrected chi connectivity index (χ3v) is 11.7. The second-order valence-corrected chi connectivity index (χ2v) is 16.8. The normalized spacial score (nSPS) is 10.6. The van der Waals surface area contributed by atoms with Crippen LogP contribution < -0.4 is 24.8 Å². The van der Waals surface area contributed by atoms with Crippen LogP contribution in [0.4, 0.5) is 20.2 Å². The number of thiophene rings is 2. The zero-order valence-electron chi connectivity index (χ0n) is 36.4. The maximum atomic E-state index is 13.4. The molecule has 69 heavy (non-hydrogen) atoms. The molecular formula is C52H37ClF2N6O6S2. The number of carbonyl (C=O) groups is 2. The fraction of sp³-hybridized carbons (Fsp3) is 0.0385. The van der Waals surface area contributed by atoms with E-state index in [4.69, 9.17) is 25.8 Å². The second kappa shape index (κ2) is 22.0. The molecule has 0 saturated heterocycles. The average Bonchev–Trinajstić information content (AvgIpc) is 3.98. The molecule has 4 heterocycles. The van der Waals surface area contributed by atoms with Gasteiger partial charge in [-0.15, -0.1) is 22.7 Å². The Labute approximate surface area is 406 Å². The highest BCUT2D eigenvalue weighted by Crippen LogP contribution is 2.40. The predicted octanol–water partition coefficient (Wildman–Crippen LogP) is 14.3. The molecule has 0 fully saturated rings. The summed E-state index contributed by atoms with van der Waals surface area (Å²) >= 11 is 9.04. The molecule has 3 N–H and O–H groups in total. The summed E-state index contributed by atoms with van der Waals surface area (Å²) < 4.78 is 43.8. The molecule has 0 bridgehead atoms. The standard InChI is InChI=1S/C26H18FN3O3S.C14H13NO3.C12H6ClFN2S/c1-16(31)30-19-6-8-20(9-7-19)32-21-10-12-22(13-11-21)33-25-24-23(14-34-26(24)29-15-28-25)17-2-4-18(27)5-3-17;1-10(16)15-11-4-2-6-13(8-11)18-14-7-3-5-12(17)9-14;13-11-10-9(5-17-12(10)16-6-15-11)7-1-3-8(14)4-2-7/h2-15H,1H3,(H,30,31);2-9,17H,1H3,(H,15,16);1-6H. The number of anilines is 2. The van der Waals surface area contributed by atoms with Gasteiger partial charge in [-0.25, -0.2) is 28.7 Å². The molecule has 10 rings (SSSR count). The largest absolute Gasteiger partial charge is 0.508 e. The molecule has 0 atom stereocenters. The van der Waals surface area contributed by atoms with E-state index in [1.54, 1.807) is 115 Å². The van der Waals surface area contributed by atoms with E-state index < -0.39 is 0 Å². The lowest BCUT2D eigenvalue weighted by Crippen LogP contribution is -2.05. The molecular weight excluding hydrogens is 942 g/mol. The summed E-state index contributed by atoms with van der Waals surface area (Å²) in [4.78, 5) is 40.5. The van der Waals surface area contributed by atoms with Crippen LogP contribution in [0.3, 0.4) is 0 Å². The van der Waals surface area contributed by atoms with Gasteiger partial charge < -0.3 is 30.0 Å². The Hall–Kier alpha value is -8.31. The van der Waals surface area contributed by atoms with Gasteiger partial charge in [0.05, 0.1) is 10.8 Å². The van der Waals surface area contributed by atoms with Crippen LogP contribution in [0.1, 0.15) is 13.8 Å². The molecule has 0 aliphatic carbocycles. The van der Waals surface area contributed by atoms with Gasteiger partial charge >= 0.3 is 0 Å². The first kappa shape index (κ1) is 47.2. The highest BCUT2D eigenvalue weighted by atomic mass is 35.5. The van der Waals surface area contributed by atoms with Crippen LogP contribution >= 0.6 is 34.3 Å². The van der Waals surface area contributed by atoms with Crippen molar-refractivity contribution >= 4 is 77.9 Å². The van der Waals surface area contributed by atoms with Crippen molar-refractivity contribution in [1.29, 1.82) is 0 Å². The number of aromatic nitrogens is 4. The van der Waals surface area contributed by atoms with Gasteiger partial charge in [-0.3, -0.25) is 9.59 Å². The fourth-order valence-corrected chi connectivity index (χ4v) is 8.72. The molecule has 2 amide bonds. The summed E-state index contributed by atoms with van der Waals surface area (Å²) in [6.07, 6.45) is 2.90. The number of nitrogens with one attached hydrogen (secondary N) is 2. The number of hydrogen-bond donors (Lipinski definition) is 3. The van der Waals surface area contributed by atoms with Gasteiger partial charge in [0.1, 0.15) is 73.6 Å². The van der Waals surface area contributed by atoms with Gasteiger partial charge in [0.2, 0.25) is 17.7 Å². The van der Waals surface area contributed by atoms with Crippen molar-refractivity contribution in [1.82, 2.24) is 19.9 Å². The monoisotopic (exact) mass is 978 g/mol. The van der Waals surface area contributed by atoms with E-state index in [1.807, 2.05) is 10.8 Å². The van der Waals surface area contributed by atoms with E-state index >= 15 is 0 Å². The van der Waals surface area contributed by atoms with E-state index in [0.29, 0.717) is 51.2 Å². The highest BCUT2D eigenvalue weighted by Gasteiger charge is 2.16. The van der Waals surface area contributed by atoms with Crippen LogP contribution in [-0.2, 0) is 9.59 Å². The molecule has 12 nitrogen and oxygen atoms in total. The van der Waals surface area contributed by atoms with Crippen LogP contribution in [0.15, 0.2) is 169 Å². The third-order valence-electron chi connectivity index (χ3n) is 9.63. The van der Waals surface area contributed by atoms with Crippen molar-refractivity contribution in [3.63, 3.8) is 0 Å². The van der Waals surface area contributed by atoms with E-state index in [0.717, 1.165) is 42.7 Å². The first-order valence-electron chi connectivity index (χ1n) is 20.7. The van der Waals surface area contributed by atoms with Crippen molar-refractivity contribution in [3.05, 3.63) is 186 Å². The molecule has 0 unspecified atom stereocenters. The van der Waals surface area contributed by atoms with Gasteiger partial charge in [-0.1, -0.05) is 48.0 Å². The van der Waals surface area contributed by atoms with Crippen LogP contribution in [0.5, 0.6) is 40.4 Å². The molecule has 0 saturated carbocycles. The molecule has 10 aromatic rings. The van der Waals surface area contributed by atoms with Crippen molar-refractivity contribution in [2.75, 3.05) is 10.6 Å². The maximum Gasteiger partial charge on any atom is 0.231 e. The Kier molecular flexibility index (Phi) is 15.0. The molecule has 6 aromatic carbocycles. The lowest BCUT2D eigenvalue weighted by atomic mass is 10.1. The molecule has 17 heteroatoms. The van der Waals surface area contributed by atoms with Crippen LogP contribution in [-0.4, -0.2) is 36.9 Å². The topological polar surface area (TPSA) is 158 Å². The van der Waals surface area contributed by atoms with Gasteiger partial charge in [0, 0.05) is 59.2 Å². The number of halogens is 3. The van der Waals surface area contributed by atoms with Crippen molar-refractivity contribution in [2.24, 2.45) is 0 Å². The van der Waals surface area contributed by atoms with E-state index in [2.05, 4.69) is 30.6 Å². The maximum absolute atomic E-state index is 13.4. The fourth-order valence-electron chi connectivity index (χ4n) is 6.60. The Morgan fingerprint density at radius 2 is 1.01 bits per heavy atom. The summed E-state index contributed by atoms with van der Waals surface area (Å²) in [7, 11) is 0. The summed E-state index contributed by atoms with van der Waals surface area (Å²) in [6, 6.07) is 40.4. The van der Waals surface area contributed by atoms with Crippen molar-refractivity contribution in [2.45, 2.75) is 13.8 Å². The van der Waals surface area contributed by atoms with Crippen LogP contribution in [0.25, 0.3) is 42.7 Å². The summed E-state index contributed by atoms with van der Waals surface area (Å²) in [5.74, 6) is 2.75. The second-order valence-electron chi connectivity index (χ2n) is 14.7. The average molecular weight is 979 g/mol. The number of phenols is 1. The van der Waals surface area contributed by atoms with E-state index in [9.17, 15) is 23.5 Å². The number of hydrogen-bond acceptors (Lipinski definition) is 12. The summed E-state index contributed by atoms with van der Waals surface area (Å²) in [6.45, 7) is 2.91. The summed E-state index contributed by atoms with van der Waals surface area (Å²) in [5.41, 5.74) is 4.97. The smallest absolute Gasteiger partial charge is 0.231 e. The van der Waals surface area contributed by atoms with Crippen molar-refractivity contribution < 1.29 is 37.7 Å². The van der Waals surface area contributed by atoms with Gasteiger partial charge in [-0.2, -0.15) is 0 Å². The lowest BCUT2D eigenvalue weighted by molar-refractivity contribution is -0.115. The van der Waals surface area contributed by atoms with Crippen molar-refractivity contribution in [3.8, 4) is 62.6 Å². The number of benzene rings is 6. The third kappa shape index (κ3) is 12.6. The van der Waals surface area contributed by atoms with Crippen LogP contribution in [0.2, 0.25) is 5.15 Å². The number of fused-ring (bicyclic) bond motifs is 2. The van der Waals surface area contributed by atoms with Gasteiger partial charge in [0.25, 0.3) is 0 Å². The minimum absolute atomic E-state index is 0.127. The minimum Gasteiger partial charge on any atom is -0.508 e. The molecule has 0 radical (unpaired) electrons. The lowest BCUT2D eigenvalue weighted by Gasteiger charge is -2.10. The number of ether oxygens (including phenoxy) is 3. The number of nitrogens with zero attached hydrogens (tertiary/aromatic N) is 4. The Bertz CT molecular complexity index is 3380. The number of phenolic OH excluding ortho intramolecular Hbond substituents is 1. The SMILES string of the molecule is CC(=O)Nc1ccc(Oc2ccc(Oc3ncnc4scc(-c5ccc(F)cc5)c34)cc2)cc1.CC(=O)Nc1cccc(Oc2cccc(O)c2)c1.Fc1ccc(-c2csc3ncnc(Cl)c23)cc1. The Morgan fingerprint density at radius 1 is 0.536 bits per heavy atom. The van der Waals surface area contributed by atoms with Gasteiger partial charge in [0.15, 0.2) is 0 Å². The predicted molar refractivity (Wildman–Crippen MR) is 267 cm³/mol. The van der Waals surface area contributed by atoms with E-state index in [1.165, 1.54) is 79.5 Å². The Morgan fingerprint density at radius 3 is 1.59 bits per heavy atom. The summed E-state index contributed by atoms with van der Waals surface area (Å²) in [5, 5.41) is 20.7. The molecule has 0 aliphatic rings. The number of rotatable bonds is 10. The zero-order chi connectivity index (χ0) is 48.3.